The second kappa shape index (κ2) is 8.55. The molecule has 1 unspecified atom stereocenters. The van der Waals surface area contributed by atoms with Gasteiger partial charge in [-0.2, -0.15) is 18.3 Å². The molecule has 1 saturated heterocycles. The van der Waals surface area contributed by atoms with Gasteiger partial charge in [0.2, 0.25) is 5.91 Å². The van der Waals surface area contributed by atoms with Crippen LogP contribution in [0.15, 0.2) is 36.5 Å². The highest BCUT2D eigenvalue weighted by atomic mass is 35.5. The summed E-state index contributed by atoms with van der Waals surface area (Å²) >= 11 is 0. The maximum atomic E-state index is 12.6. The van der Waals surface area contributed by atoms with Crippen LogP contribution in [-0.4, -0.2) is 28.3 Å². The average molecular weight is 389 g/mol. The molecule has 9 heteroatoms. The first kappa shape index (κ1) is 20.3. The summed E-state index contributed by atoms with van der Waals surface area (Å²) in [5.41, 5.74) is 0.477. The Morgan fingerprint density at radius 2 is 2.00 bits per heavy atom. The molecular formula is C17H20ClF3N4O. The maximum Gasteiger partial charge on any atom is 0.435 e. The fourth-order valence-electron chi connectivity index (χ4n) is 2.81. The van der Waals surface area contributed by atoms with E-state index >= 15 is 0 Å². The van der Waals surface area contributed by atoms with Gasteiger partial charge in [-0.15, -0.1) is 12.4 Å². The van der Waals surface area contributed by atoms with Crippen LogP contribution in [0.5, 0.6) is 0 Å². The van der Waals surface area contributed by atoms with Crippen LogP contribution in [0.25, 0.3) is 5.69 Å². The normalized spacial score (nSPS) is 17.0. The lowest BCUT2D eigenvalue weighted by molar-refractivity contribution is -0.141. The van der Waals surface area contributed by atoms with Crippen LogP contribution < -0.4 is 10.6 Å². The summed E-state index contributed by atoms with van der Waals surface area (Å²) in [6.45, 7) is 1.35. The number of hydrogen-bond donors (Lipinski definition) is 2. The van der Waals surface area contributed by atoms with Crippen molar-refractivity contribution in [1.82, 2.24) is 20.4 Å². The van der Waals surface area contributed by atoms with E-state index in [1.54, 1.807) is 24.3 Å². The van der Waals surface area contributed by atoms with Gasteiger partial charge in [-0.1, -0.05) is 12.1 Å². The molecule has 1 amide bonds. The van der Waals surface area contributed by atoms with E-state index in [0.717, 1.165) is 31.0 Å². The minimum Gasteiger partial charge on any atom is -0.352 e. The Kier molecular flexibility index (Phi) is 6.66. The summed E-state index contributed by atoms with van der Waals surface area (Å²) in [6, 6.07) is 8.06. The third kappa shape index (κ3) is 5.22. The molecule has 1 aromatic heterocycles. The molecule has 2 aromatic rings. The van der Waals surface area contributed by atoms with E-state index in [1.165, 1.54) is 10.9 Å². The van der Waals surface area contributed by atoms with Crippen LogP contribution in [0.2, 0.25) is 0 Å². The van der Waals surface area contributed by atoms with Crippen LogP contribution in [0.4, 0.5) is 13.2 Å². The zero-order chi connectivity index (χ0) is 17.9. The van der Waals surface area contributed by atoms with Crippen molar-refractivity contribution in [2.24, 2.45) is 0 Å². The summed E-state index contributed by atoms with van der Waals surface area (Å²) < 4.78 is 38.9. The van der Waals surface area contributed by atoms with Crippen molar-refractivity contribution in [2.45, 2.75) is 38.0 Å². The molecule has 1 aliphatic heterocycles. The molecular weight excluding hydrogens is 369 g/mol. The van der Waals surface area contributed by atoms with E-state index in [9.17, 15) is 18.0 Å². The number of aromatic nitrogens is 2. The Hall–Kier alpha value is -2.06. The van der Waals surface area contributed by atoms with Crippen LogP contribution in [0, 0.1) is 0 Å². The van der Waals surface area contributed by atoms with Crippen LogP contribution >= 0.6 is 12.4 Å². The molecule has 2 heterocycles. The van der Waals surface area contributed by atoms with Crippen molar-refractivity contribution in [3.63, 3.8) is 0 Å². The van der Waals surface area contributed by atoms with E-state index in [4.69, 9.17) is 0 Å². The lowest BCUT2D eigenvalue weighted by Gasteiger charge is -2.11. The summed E-state index contributed by atoms with van der Waals surface area (Å²) in [4.78, 5) is 11.9. The van der Waals surface area contributed by atoms with Gasteiger partial charge in [0.25, 0.3) is 0 Å². The lowest BCUT2D eigenvalue weighted by atomic mass is 10.1. The zero-order valence-electron chi connectivity index (χ0n) is 13.9. The predicted octanol–water partition coefficient (Wildman–Crippen LogP) is 3.07. The van der Waals surface area contributed by atoms with E-state index in [2.05, 4.69) is 15.7 Å². The summed E-state index contributed by atoms with van der Waals surface area (Å²) in [6.07, 6.45) is -0.599. The smallest absolute Gasteiger partial charge is 0.352 e. The minimum absolute atomic E-state index is 0. The van der Waals surface area contributed by atoms with E-state index in [-0.39, 0.29) is 24.4 Å². The van der Waals surface area contributed by atoms with Crippen LogP contribution in [0.3, 0.4) is 0 Å². The van der Waals surface area contributed by atoms with Crippen LogP contribution in [0.1, 0.15) is 30.5 Å². The SMILES string of the molecule is Cl.O=C(CC1CCCN1)NCc1ccc(-n2ccc(C(F)(F)F)n2)cc1. The highest BCUT2D eigenvalue weighted by molar-refractivity contribution is 5.85. The lowest BCUT2D eigenvalue weighted by Crippen LogP contribution is -2.31. The number of benzene rings is 1. The number of alkyl halides is 3. The standard InChI is InChI=1S/C17H19F3N4O.ClH/c18-17(19,20)15-7-9-24(23-15)14-5-3-12(4-6-14)11-22-16(25)10-13-2-1-8-21-13;/h3-7,9,13,21H,1-2,8,10-11H2,(H,22,25);1H. The molecule has 1 aliphatic rings. The average Bonchev–Trinajstić information content (AvgIpc) is 3.24. The molecule has 0 radical (unpaired) electrons. The molecule has 0 saturated carbocycles. The molecule has 2 N–H and O–H groups in total. The van der Waals surface area contributed by atoms with Crippen molar-refractivity contribution in [1.29, 1.82) is 0 Å². The highest BCUT2D eigenvalue weighted by Crippen LogP contribution is 2.27. The molecule has 1 atom stereocenters. The van der Waals surface area contributed by atoms with Crippen molar-refractivity contribution < 1.29 is 18.0 Å². The van der Waals surface area contributed by atoms with E-state index in [0.29, 0.717) is 18.7 Å². The second-order valence-electron chi connectivity index (χ2n) is 6.08. The molecule has 1 aromatic carbocycles. The Balaban J connectivity index is 0.00000243. The van der Waals surface area contributed by atoms with Gasteiger partial charge in [-0.3, -0.25) is 4.79 Å². The number of amides is 1. The van der Waals surface area contributed by atoms with Gasteiger partial charge in [0.15, 0.2) is 5.69 Å². The van der Waals surface area contributed by atoms with E-state index < -0.39 is 11.9 Å². The Bertz CT molecular complexity index is 724. The maximum absolute atomic E-state index is 12.6. The largest absolute Gasteiger partial charge is 0.435 e. The third-order valence-corrected chi connectivity index (χ3v) is 4.16. The Labute approximate surface area is 155 Å². The first-order valence-electron chi connectivity index (χ1n) is 8.14. The van der Waals surface area contributed by atoms with Gasteiger partial charge in [-0.05, 0) is 43.1 Å². The Morgan fingerprint density at radius 1 is 1.27 bits per heavy atom. The van der Waals surface area contributed by atoms with Gasteiger partial charge < -0.3 is 10.6 Å². The predicted molar refractivity (Wildman–Crippen MR) is 93.3 cm³/mol. The van der Waals surface area contributed by atoms with Crippen molar-refractivity contribution in [3.8, 4) is 5.69 Å². The number of carbonyl (C=O) groups excluding carboxylic acids is 1. The fourth-order valence-corrected chi connectivity index (χ4v) is 2.81. The van der Waals surface area contributed by atoms with Gasteiger partial charge >= 0.3 is 6.18 Å². The molecule has 0 spiro atoms. The minimum atomic E-state index is -4.45. The van der Waals surface area contributed by atoms with Crippen molar-refractivity contribution in [2.75, 3.05) is 6.54 Å². The highest BCUT2D eigenvalue weighted by Gasteiger charge is 2.33. The number of rotatable bonds is 5. The second-order valence-corrected chi connectivity index (χ2v) is 6.08. The van der Waals surface area contributed by atoms with Crippen LogP contribution in [-0.2, 0) is 17.5 Å². The molecule has 1 fully saturated rings. The molecule has 0 aliphatic carbocycles. The van der Waals surface area contributed by atoms with Gasteiger partial charge in [0.1, 0.15) is 0 Å². The fraction of sp³-hybridized carbons (Fsp3) is 0.412. The first-order valence-corrected chi connectivity index (χ1v) is 8.14. The van der Waals surface area contributed by atoms with Gasteiger partial charge in [0.05, 0.1) is 5.69 Å². The molecule has 26 heavy (non-hydrogen) atoms. The number of nitrogens with zero attached hydrogens (tertiary/aromatic N) is 2. The van der Waals surface area contributed by atoms with E-state index in [1.807, 2.05) is 0 Å². The summed E-state index contributed by atoms with van der Waals surface area (Å²) in [7, 11) is 0. The zero-order valence-corrected chi connectivity index (χ0v) is 14.7. The monoisotopic (exact) mass is 388 g/mol. The first-order chi connectivity index (χ1) is 11.9. The number of hydrogen-bond acceptors (Lipinski definition) is 3. The molecule has 0 bridgehead atoms. The number of carbonyl (C=O) groups is 1. The molecule has 3 rings (SSSR count). The topological polar surface area (TPSA) is 59.0 Å². The van der Waals surface area contributed by atoms with Crippen molar-refractivity contribution in [3.05, 3.63) is 47.8 Å². The van der Waals surface area contributed by atoms with Gasteiger partial charge in [-0.25, -0.2) is 4.68 Å². The quantitative estimate of drug-likeness (QED) is 0.827. The number of halogens is 4. The molecule has 142 valence electrons. The third-order valence-electron chi connectivity index (χ3n) is 4.16. The number of nitrogens with one attached hydrogen (secondary N) is 2. The van der Waals surface area contributed by atoms with Crippen molar-refractivity contribution >= 4 is 18.3 Å². The summed E-state index contributed by atoms with van der Waals surface area (Å²) in [5.74, 6) is -0.00892. The molecule has 5 nitrogen and oxygen atoms in total. The summed E-state index contributed by atoms with van der Waals surface area (Å²) in [5, 5.41) is 9.66. The Morgan fingerprint density at radius 3 is 2.58 bits per heavy atom. The van der Waals surface area contributed by atoms with Gasteiger partial charge in [0, 0.05) is 25.2 Å².